The molecule has 0 aliphatic carbocycles. The summed E-state index contributed by atoms with van der Waals surface area (Å²) in [4.78, 5) is 19.2. The lowest BCUT2D eigenvalue weighted by atomic mass is 9.90. The number of hydrogen-bond acceptors (Lipinski definition) is 5. The van der Waals surface area contributed by atoms with Crippen LogP contribution in [0.2, 0.25) is 0 Å². The number of nitrogens with zero attached hydrogens (tertiary/aromatic N) is 3. The van der Waals surface area contributed by atoms with Crippen molar-refractivity contribution >= 4 is 54.2 Å². The van der Waals surface area contributed by atoms with Crippen LogP contribution in [0.3, 0.4) is 0 Å². The number of anilines is 1. The summed E-state index contributed by atoms with van der Waals surface area (Å²) in [6.45, 7) is 0. The van der Waals surface area contributed by atoms with Gasteiger partial charge in [0.1, 0.15) is 11.9 Å². The number of aromatic nitrogens is 1. The Bertz CT molecular complexity index is 1810. The molecule has 0 N–H and O–H groups in total. The first-order valence-electron chi connectivity index (χ1n) is 11.6. The number of amides is 1. The zero-order valence-electron chi connectivity index (χ0n) is 20.0. The van der Waals surface area contributed by atoms with Crippen LogP contribution in [0.1, 0.15) is 11.7 Å². The van der Waals surface area contributed by atoms with Gasteiger partial charge in [0.05, 0.1) is 17.6 Å². The minimum atomic E-state index is -4.17. The second-order valence-corrected chi connectivity index (χ2v) is 10.9. The molecule has 9 heteroatoms. The highest BCUT2D eigenvalue weighted by atomic mass is 32.2. The summed E-state index contributed by atoms with van der Waals surface area (Å²) >= 11 is 0. The lowest BCUT2D eigenvalue weighted by Gasteiger charge is -2.46. The highest BCUT2D eigenvalue weighted by molar-refractivity contribution is 7.84. The van der Waals surface area contributed by atoms with E-state index in [1.807, 2.05) is 54.6 Å². The summed E-state index contributed by atoms with van der Waals surface area (Å²) in [6.07, 6.45) is -0.299. The maximum atomic E-state index is 13.7. The van der Waals surface area contributed by atoms with E-state index >= 15 is 0 Å². The maximum absolute atomic E-state index is 13.7. The summed E-state index contributed by atoms with van der Waals surface area (Å²) in [5.41, 5.74) is 0.921. The average molecular weight is 516 g/mol. The fourth-order valence-electron chi connectivity index (χ4n) is 4.93. The van der Waals surface area contributed by atoms with Crippen molar-refractivity contribution in [3.05, 3.63) is 96.6 Å². The highest BCUT2D eigenvalue weighted by Gasteiger charge is 2.53. The molecule has 0 unspecified atom stereocenters. The minimum Gasteiger partial charge on any atom is -0.297 e. The number of fused-ring (bicyclic) bond motifs is 5. The molecular formula is C28H22FN3O4S. The van der Waals surface area contributed by atoms with Gasteiger partial charge in [0, 0.05) is 19.5 Å². The molecule has 5 aromatic rings. The van der Waals surface area contributed by atoms with Crippen LogP contribution in [-0.4, -0.2) is 43.8 Å². The summed E-state index contributed by atoms with van der Waals surface area (Å²) in [5.74, 6) is -1.06. The molecule has 1 saturated heterocycles. The molecule has 1 aliphatic rings. The van der Waals surface area contributed by atoms with Crippen molar-refractivity contribution in [2.75, 3.05) is 19.0 Å². The molecule has 0 spiro atoms. The first kappa shape index (κ1) is 23.5. The Balaban J connectivity index is 1.59. The molecule has 2 heterocycles. The minimum absolute atomic E-state index is 0.321. The number of hydrogen-bond donors (Lipinski definition) is 0. The van der Waals surface area contributed by atoms with Gasteiger partial charge in [-0.05, 0) is 45.1 Å². The van der Waals surface area contributed by atoms with E-state index in [0.717, 1.165) is 42.8 Å². The third-order valence-corrected chi connectivity index (χ3v) is 8.12. The lowest BCUT2D eigenvalue weighted by molar-refractivity contribution is -0.135. The van der Waals surface area contributed by atoms with Crippen LogP contribution in [0.4, 0.5) is 10.1 Å². The fourth-order valence-corrected chi connectivity index (χ4v) is 5.55. The van der Waals surface area contributed by atoms with Gasteiger partial charge in [-0.1, -0.05) is 60.7 Å². The molecule has 0 saturated carbocycles. The molecule has 1 aliphatic heterocycles. The molecule has 186 valence electrons. The Kier molecular flexibility index (Phi) is 5.45. The SMILES string of the molecule is CN(C)S(=O)(=O)O[C@H]1C(=O)N(c2cc3c4ccccc4ccc3c3ccccc23)[C@@H]1c1ccc(F)cn1. The summed E-state index contributed by atoms with van der Waals surface area (Å²) < 4.78 is 45.0. The molecule has 2 atom stereocenters. The van der Waals surface area contributed by atoms with Gasteiger partial charge in [-0.25, -0.2) is 8.57 Å². The van der Waals surface area contributed by atoms with Gasteiger partial charge < -0.3 is 0 Å². The number of rotatable bonds is 5. The zero-order chi connectivity index (χ0) is 25.9. The van der Waals surface area contributed by atoms with E-state index in [9.17, 15) is 17.6 Å². The number of halogens is 1. The van der Waals surface area contributed by atoms with Crippen molar-refractivity contribution in [1.82, 2.24) is 9.29 Å². The fraction of sp³-hybridized carbons (Fsp3) is 0.143. The molecule has 0 radical (unpaired) electrons. The molecule has 1 aromatic heterocycles. The Morgan fingerprint density at radius 3 is 2.24 bits per heavy atom. The third-order valence-electron chi connectivity index (χ3n) is 6.78. The molecule has 37 heavy (non-hydrogen) atoms. The predicted molar refractivity (Wildman–Crippen MR) is 141 cm³/mol. The van der Waals surface area contributed by atoms with Gasteiger partial charge in [0.25, 0.3) is 5.91 Å². The van der Waals surface area contributed by atoms with E-state index in [4.69, 9.17) is 4.18 Å². The van der Waals surface area contributed by atoms with Crippen molar-refractivity contribution in [3.63, 3.8) is 0 Å². The Morgan fingerprint density at radius 1 is 0.865 bits per heavy atom. The predicted octanol–water partition coefficient (Wildman–Crippen LogP) is 4.96. The molecule has 1 fully saturated rings. The van der Waals surface area contributed by atoms with E-state index in [2.05, 4.69) is 17.1 Å². The van der Waals surface area contributed by atoms with E-state index in [1.165, 1.54) is 31.1 Å². The van der Waals surface area contributed by atoms with Gasteiger partial charge in [0.2, 0.25) is 0 Å². The Hall–Kier alpha value is -3.92. The van der Waals surface area contributed by atoms with E-state index in [0.29, 0.717) is 11.4 Å². The Morgan fingerprint density at radius 2 is 1.54 bits per heavy atom. The number of pyridine rings is 1. The number of carbonyl (C=O) groups excluding carboxylic acids is 1. The summed E-state index contributed by atoms with van der Waals surface area (Å²) in [5, 5.41) is 5.84. The largest absolute Gasteiger partial charge is 0.338 e. The van der Waals surface area contributed by atoms with Crippen LogP contribution in [0.15, 0.2) is 85.1 Å². The van der Waals surface area contributed by atoms with Gasteiger partial charge >= 0.3 is 10.3 Å². The number of β-lactam (4-membered cyclic amide) rings is 1. The zero-order valence-corrected chi connectivity index (χ0v) is 20.8. The molecule has 6 rings (SSSR count). The van der Waals surface area contributed by atoms with Crippen molar-refractivity contribution in [3.8, 4) is 0 Å². The molecule has 0 bridgehead atoms. The van der Waals surface area contributed by atoms with Crippen LogP contribution in [0.5, 0.6) is 0 Å². The van der Waals surface area contributed by atoms with Gasteiger partial charge in [-0.2, -0.15) is 12.7 Å². The van der Waals surface area contributed by atoms with Gasteiger partial charge in [-0.3, -0.25) is 14.7 Å². The molecule has 4 aromatic carbocycles. The smallest absolute Gasteiger partial charge is 0.297 e. The van der Waals surface area contributed by atoms with Crippen molar-refractivity contribution in [2.24, 2.45) is 0 Å². The Labute approximate surface area is 213 Å². The van der Waals surface area contributed by atoms with Crippen LogP contribution in [0.25, 0.3) is 32.3 Å². The highest BCUT2D eigenvalue weighted by Crippen LogP contribution is 2.46. The normalized spacial score (nSPS) is 18.2. The van der Waals surface area contributed by atoms with E-state index in [1.54, 1.807) is 0 Å². The lowest BCUT2D eigenvalue weighted by Crippen LogP contribution is -2.61. The van der Waals surface area contributed by atoms with Gasteiger partial charge in [-0.15, -0.1) is 0 Å². The van der Waals surface area contributed by atoms with Crippen molar-refractivity contribution < 1.29 is 21.8 Å². The molecular weight excluding hydrogens is 493 g/mol. The quantitative estimate of drug-likeness (QED) is 0.244. The summed E-state index contributed by atoms with van der Waals surface area (Å²) in [6, 6.07) is 23.6. The average Bonchev–Trinajstić information content (AvgIpc) is 2.90. The van der Waals surface area contributed by atoms with Crippen molar-refractivity contribution in [1.29, 1.82) is 0 Å². The first-order valence-corrected chi connectivity index (χ1v) is 13.0. The molecule has 1 amide bonds. The summed E-state index contributed by atoms with van der Waals surface area (Å²) in [7, 11) is -1.52. The maximum Gasteiger partial charge on any atom is 0.338 e. The van der Waals surface area contributed by atoms with E-state index in [-0.39, 0.29) is 0 Å². The van der Waals surface area contributed by atoms with Crippen LogP contribution >= 0.6 is 0 Å². The number of benzene rings is 4. The standard InChI is InChI=1S/C28H22FN3O4S/c1-31(2)37(34,35)36-27-26(24-14-12-18(29)16-30-24)32(28(27)33)25-15-23-19-8-4-3-7-17(19)11-13-21(23)20-9-5-6-10-22(20)25/h3-16,26-27H,1-2H3/t26-,27-/m1/s1. The van der Waals surface area contributed by atoms with Crippen molar-refractivity contribution in [2.45, 2.75) is 12.1 Å². The third kappa shape index (κ3) is 3.74. The first-order chi connectivity index (χ1) is 17.8. The van der Waals surface area contributed by atoms with Crippen LogP contribution in [-0.2, 0) is 19.3 Å². The van der Waals surface area contributed by atoms with E-state index < -0.39 is 34.2 Å². The van der Waals surface area contributed by atoms with Crippen LogP contribution in [0, 0.1) is 5.82 Å². The number of carbonyl (C=O) groups is 1. The second kappa shape index (κ2) is 8.58. The molecule has 7 nitrogen and oxygen atoms in total. The monoisotopic (exact) mass is 515 g/mol. The van der Waals surface area contributed by atoms with Crippen LogP contribution < -0.4 is 4.90 Å². The second-order valence-electron chi connectivity index (χ2n) is 9.13. The van der Waals surface area contributed by atoms with Gasteiger partial charge in [0.15, 0.2) is 6.10 Å². The topological polar surface area (TPSA) is 79.8 Å².